The third-order valence-electron chi connectivity index (χ3n) is 4.24. The first-order valence-corrected chi connectivity index (χ1v) is 8.89. The summed E-state index contributed by atoms with van der Waals surface area (Å²) in [6.07, 6.45) is 7.97. The summed E-state index contributed by atoms with van der Waals surface area (Å²) < 4.78 is 31.4. The van der Waals surface area contributed by atoms with Gasteiger partial charge in [0.15, 0.2) is 5.82 Å². The summed E-state index contributed by atoms with van der Waals surface area (Å²) in [4.78, 5) is 22.9. The molecule has 0 saturated carbocycles. The van der Waals surface area contributed by atoms with Gasteiger partial charge in [0.05, 0.1) is 12.2 Å². The molecule has 9 heteroatoms. The first-order chi connectivity index (χ1) is 12.7. The van der Waals surface area contributed by atoms with Gasteiger partial charge in [-0.05, 0) is 40.0 Å². The van der Waals surface area contributed by atoms with Crippen molar-refractivity contribution < 1.29 is 18.3 Å². The van der Waals surface area contributed by atoms with Gasteiger partial charge < -0.3 is 4.74 Å². The Hall–Kier alpha value is -2.58. The molecule has 2 aromatic heterocycles. The SMILES string of the molecule is CC(C)(C)OC(=O)N1CCCCC1c1ncc(-c2cnn(C(F)F)c2)cn1. The van der Waals surface area contributed by atoms with Crippen molar-refractivity contribution >= 4 is 6.09 Å². The molecular formula is C18H23F2N5O2. The molecule has 27 heavy (non-hydrogen) atoms. The molecule has 7 nitrogen and oxygen atoms in total. The number of aromatic nitrogens is 4. The molecule has 0 spiro atoms. The molecule has 0 N–H and O–H groups in total. The maximum absolute atomic E-state index is 12.7. The maximum Gasteiger partial charge on any atom is 0.410 e. The molecule has 3 heterocycles. The Morgan fingerprint density at radius 2 is 1.89 bits per heavy atom. The fourth-order valence-electron chi connectivity index (χ4n) is 2.99. The minimum Gasteiger partial charge on any atom is -0.444 e. The molecule has 1 amide bonds. The molecule has 0 bridgehead atoms. The molecule has 1 aliphatic rings. The number of nitrogens with zero attached hydrogens (tertiary/aromatic N) is 5. The number of hydrogen-bond acceptors (Lipinski definition) is 5. The van der Waals surface area contributed by atoms with Gasteiger partial charge in [-0.2, -0.15) is 13.9 Å². The predicted octanol–water partition coefficient (Wildman–Crippen LogP) is 4.20. The zero-order valence-electron chi connectivity index (χ0n) is 15.6. The molecule has 1 unspecified atom stereocenters. The van der Waals surface area contributed by atoms with Gasteiger partial charge in [-0.1, -0.05) is 0 Å². The summed E-state index contributed by atoms with van der Waals surface area (Å²) in [7, 11) is 0. The molecule has 1 saturated heterocycles. The predicted molar refractivity (Wildman–Crippen MR) is 94.0 cm³/mol. The Morgan fingerprint density at radius 3 is 2.48 bits per heavy atom. The van der Waals surface area contributed by atoms with Crippen LogP contribution < -0.4 is 0 Å². The van der Waals surface area contributed by atoms with Crippen molar-refractivity contribution in [2.75, 3.05) is 6.54 Å². The highest BCUT2D eigenvalue weighted by atomic mass is 19.3. The van der Waals surface area contributed by atoms with Gasteiger partial charge in [-0.3, -0.25) is 4.90 Å². The van der Waals surface area contributed by atoms with Crippen LogP contribution in [-0.2, 0) is 4.74 Å². The Kier molecular flexibility index (Phi) is 5.38. The van der Waals surface area contributed by atoms with Crippen LogP contribution in [0.15, 0.2) is 24.8 Å². The summed E-state index contributed by atoms with van der Waals surface area (Å²) in [6, 6.07) is -0.258. The number of amides is 1. The second-order valence-electron chi connectivity index (χ2n) is 7.50. The van der Waals surface area contributed by atoms with Gasteiger partial charge in [0.2, 0.25) is 0 Å². The first kappa shape index (κ1) is 19.2. The van der Waals surface area contributed by atoms with E-state index in [-0.39, 0.29) is 12.1 Å². The minimum absolute atomic E-state index is 0.258. The molecule has 146 valence electrons. The summed E-state index contributed by atoms with van der Waals surface area (Å²) >= 11 is 0. The van der Waals surface area contributed by atoms with E-state index in [1.165, 1.54) is 12.4 Å². The van der Waals surface area contributed by atoms with Crippen LogP contribution in [0.4, 0.5) is 13.6 Å². The topological polar surface area (TPSA) is 73.1 Å². The number of hydrogen-bond donors (Lipinski definition) is 0. The quantitative estimate of drug-likeness (QED) is 0.799. The Balaban J connectivity index is 1.78. The number of halogens is 2. The average molecular weight is 379 g/mol. The third kappa shape index (κ3) is 4.58. The highest BCUT2D eigenvalue weighted by molar-refractivity contribution is 5.69. The number of alkyl halides is 2. The van der Waals surface area contributed by atoms with Gasteiger partial charge in [0.1, 0.15) is 5.60 Å². The smallest absolute Gasteiger partial charge is 0.410 e. The van der Waals surface area contributed by atoms with Crippen LogP contribution in [0.2, 0.25) is 0 Å². The number of piperidine rings is 1. The van der Waals surface area contributed by atoms with E-state index in [4.69, 9.17) is 4.74 Å². The first-order valence-electron chi connectivity index (χ1n) is 8.89. The Morgan fingerprint density at radius 1 is 1.19 bits per heavy atom. The third-order valence-corrected chi connectivity index (χ3v) is 4.24. The molecule has 0 aromatic carbocycles. The lowest BCUT2D eigenvalue weighted by Crippen LogP contribution is -2.42. The Bertz CT molecular complexity index is 786. The van der Waals surface area contributed by atoms with E-state index in [0.29, 0.717) is 28.2 Å². The zero-order valence-corrected chi connectivity index (χ0v) is 15.6. The van der Waals surface area contributed by atoms with E-state index in [2.05, 4.69) is 15.1 Å². The van der Waals surface area contributed by atoms with Crippen molar-refractivity contribution in [1.82, 2.24) is 24.6 Å². The fourth-order valence-corrected chi connectivity index (χ4v) is 2.99. The normalized spacial score (nSPS) is 18.0. The van der Waals surface area contributed by atoms with Gasteiger partial charge >= 0.3 is 12.6 Å². The van der Waals surface area contributed by atoms with Crippen molar-refractivity contribution in [2.24, 2.45) is 0 Å². The van der Waals surface area contributed by atoms with E-state index >= 15 is 0 Å². The van der Waals surface area contributed by atoms with Crippen LogP contribution >= 0.6 is 0 Å². The second kappa shape index (κ2) is 7.58. The van der Waals surface area contributed by atoms with Gasteiger partial charge in [-0.15, -0.1) is 0 Å². The summed E-state index contributed by atoms with van der Waals surface area (Å²) in [6.45, 7) is 3.38. The lowest BCUT2D eigenvalue weighted by Gasteiger charge is -2.35. The van der Waals surface area contributed by atoms with Gasteiger partial charge in [0.25, 0.3) is 0 Å². The van der Waals surface area contributed by atoms with Crippen LogP contribution in [0, 0.1) is 0 Å². The molecule has 1 atom stereocenters. The minimum atomic E-state index is -2.69. The molecule has 1 fully saturated rings. The molecular weight excluding hydrogens is 356 g/mol. The van der Waals surface area contributed by atoms with Crippen LogP contribution in [0.25, 0.3) is 11.1 Å². The number of ether oxygens (including phenoxy) is 1. The van der Waals surface area contributed by atoms with E-state index < -0.39 is 12.2 Å². The fraction of sp³-hybridized carbons (Fsp3) is 0.556. The van der Waals surface area contributed by atoms with Crippen LogP contribution in [0.1, 0.15) is 58.4 Å². The maximum atomic E-state index is 12.7. The number of carbonyl (C=O) groups excluding carboxylic acids is 1. The largest absolute Gasteiger partial charge is 0.444 e. The van der Waals surface area contributed by atoms with Gasteiger partial charge in [-0.25, -0.2) is 19.4 Å². The van der Waals surface area contributed by atoms with Crippen LogP contribution in [-0.4, -0.2) is 42.9 Å². The monoisotopic (exact) mass is 379 g/mol. The van der Waals surface area contributed by atoms with Crippen molar-refractivity contribution in [2.45, 2.75) is 58.2 Å². The molecule has 0 aliphatic carbocycles. The van der Waals surface area contributed by atoms with E-state index in [1.807, 2.05) is 20.8 Å². The lowest BCUT2D eigenvalue weighted by molar-refractivity contribution is 0.00843. The highest BCUT2D eigenvalue weighted by Crippen LogP contribution is 2.31. The van der Waals surface area contributed by atoms with E-state index in [1.54, 1.807) is 17.3 Å². The summed E-state index contributed by atoms with van der Waals surface area (Å²) in [5.74, 6) is 0.519. The van der Waals surface area contributed by atoms with Crippen molar-refractivity contribution in [3.8, 4) is 11.1 Å². The number of carbonyl (C=O) groups is 1. The molecule has 0 radical (unpaired) electrons. The Labute approximate surface area is 156 Å². The van der Waals surface area contributed by atoms with E-state index in [9.17, 15) is 13.6 Å². The van der Waals surface area contributed by atoms with Crippen molar-refractivity contribution in [3.05, 3.63) is 30.6 Å². The lowest BCUT2D eigenvalue weighted by atomic mass is 10.0. The van der Waals surface area contributed by atoms with Crippen molar-refractivity contribution in [1.29, 1.82) is 0 Å². The molecule has 2 aromatic rings. The summed E-state index contributed by atoms with van der Waals surface area (Å²) in [5, 5.41) is 3.62. The van der Waals surface area contributed by atoms with Crippen molar-refractivity contribution in [3.63, 3.8) is 0 Å². The van der Waals surface area contributed by atoms with Crippen LogP contribution in [0.5, 0.6) is 0 Å². The van der Waals surface area contributed by atoms with E-state index in [0.717, 1.165) is 19.3 Å². The summed E-state index contributed by atoms with van der Waals surface area (Å²) in [5.41, 5.74) is 0.522. The second-order valence-corrected chi connectivity index (χ2v) is 7.50. The standard InChI is InChI=1S/C18H23F2N5O2/c1-18(2,3)27-17(26)24-7-5-4-6-14(24)15-21-8-12(9-22-15)13-10-23-25(11-13)16(19)20/h8-11,14,16H,4-7H2,1-3H3. The van der Waals surface area contributed by atoms with Gasteiger partial charge in [0, 0.05) is 36.3 Å². The molecule has 3 rings (SSSR count). The highest BCUT2D eigenvalue weighted by Gasteiger charge is 2.33. The van der Waals surface area contributed by atoms with Crippen LogP contribution in [0.3, 0.4) is 0 Å². The zero-order chi connectivity index (χ0) is 19.6. The molecule has 1 aliphatic heterocycles. The average Bonchev–Trinajstić information content (AvgIpc) is 3.11. The number of likely N-dealkylation sites (tertiary alicyclic amines) is 1. The number of rotatable bonds is 3.